The van der Waals surface area contributed by atoms with Crippen molar-refractivity contribution >= 4 is 157 Å². The van der Waals surface area contributed by atoms with E-state index in [0.29, 0.717) is 92.9 Å². The number of ether oxygens (including phenoxy) is 6. The van der Waals surface area contributed by atoms with Gasteiger partial charge in [-0.3, -0.25) is 9.59 Å². The van der Waals surface area contributed by atoms with Gasteiger partial charge in [-0.2, -0.15) is 0 Å². The summed E-state index contributed by atoms with van der Waals surface area (Å²) < 4.78 is 38.0. The topological polar surface area (TPSA) is 164 Å². The summed E-state index contributed by atoms with van der Waals surface area (Å²) >= 11 is 53.5. The fourth-order valence-corrected chi connectivity index (χ4v) is 14.6. The minimum Gasteiger partial charge on any atom is -0.487 e. The Morgan fingerprint density at radius 1 is 0.411 bits per heavy atom. The van der Waals surface area contributed by atoms with Crippen molar-refractivity contribution in [1.82, 2.24) is 0 Å². The van der Waals surface area contributed by atoms with Gasteiger partial charge in [-0.15, -0.1) is 0 Å². The molecule has 95 heavy (non-hydrogen) atoms. The van der Waals surface area contributed by atoms with E-state index in [4.69, 9.17) is 98.0 Å². The number of hydrogen-bond donors (Lipinski definition) is 2. The van der Waals surface area contributed by atoms with Gasteiger partial charge in [0.2, 0.25) is 0 Å². The molecule has 0 amide bonds. The van der Waals surface area contributed by atoms with Gasteiger partial charge in [0.1, 0.15) is 50.1 Å². The van der Waals surface area contributed by atoms with Gasteiger partial charge in [0.15, 0.2) is 0 Å². The molecule has 0 aliphatic heterocycles. The Bertz CT molecular complexity index is 3480. The van der Waals surface area contributed by atoms with E-state index in [0.717, 1.165) is 23.3 Å². The third-order valence-electron chi connectivity index (χ3n) is 15.9. The molecule has 0 bridgehead atoms. The lowest BCUT2D eigenvalue weighted by atomic mass is 9.67. The molecule has 0 saturated heterocycles. The Labute approximate surface area is 615 Å². The van der Waals surface area contributed by atoms with E-state index in [1.165, 1.54) is 0 Å². The van der Waals surface area contributed by atoms with Crippen molar-refractivity contribution in [3.8, 4) is 11.5 Å². The SMILES string of the molecule is C=CC(=O)OCC(O)CC(COc1c(Br)cc(C(C)(C)c2cc(Br)c(OCC(CC(O)COC(=O)C=C)OC(=O)CC(c3ccc(Cl)cc3)(c3ccc(Cl)cc3)c3ccc(Cl)cc3)c(Br)c2)cc1Br)OC(=O)CC(c1ccc(Cl)cc1)(c1ccc(Cl)cc1)c1ccc(Cl)cc1. The highest BCUT2D eigenvalue weighted by atomic mass is 79.9. The molecule has 0 aliphatic rings. The first-order valence-corrected chi connectivity index (χ1v) is 34.8. The van der Waals surface area contributed by atoms with Crippen LogP contribution in [0.3, 0.4) is 0 Å². The molecule has 0 radical (unpaired) electrons. The number of carbonyl (C=O) groups excluding carboxylic acids is 4. The van der Waals surface area contributed by atoms with Crippen LogP contribution in [0.25, 0.3) is 0 Å². The second-order valence-corrected chi connectivity index (χ2v) is 28.7. The van der Waals surface area contributed by atoms with Crippen molar-refractivity contribution in [3.05, 3.63) is 288 Å². The normalized spacial score (nSPS) is 12.9. The summed E-state index contributed by atoms with van der Waals surface area (Å²) in [6, 6.07) is 50.5. The van der Waals surface area contributed by atoms with Crippen molar-refractivity contribution in [3.63, 3.8) is 0 Å². The highest BCUT2D eigenvalue weighted by Crippen LogP contribution is 2.48. The zero-order valence-corrected chi connectivity index (χ0v) is 61.8. The third kappa shape index (κ3) is 19.4. The Morgan fingerprint density at radius 2 is 0.642 bits per heavy atom. The Morgan fingerprint density at radius 3 is 0.863 bits per heavy atom. The maximum Gasteiger partial charge on any atom is 0.330 e. The van der Waals surface area contributed by atoms with Crippen LogP contribution in [0, 0.1) is 0 Å². The number of benzene rings is 8. The number of aliphatic hydroxyl groups excluding tert-OH is 2. The molecule has 0 aliphatic carbocycles. The molecule has 4 atom stereocenters. The van der Waals surface area contributed by atoms with E-state index in [1.807, 2.05) is 111 Å². The van der Waals surface area contributed by atoms with Crippen LogP contribution in [-0.2, 0) is 54.4 Å². The van der Waals surface area contributed by atoms with Crippen LogP contribution in [0.5, 0.6) is 11.5 Å². The zero-order valence-electron chi connectivity index (χ0n) is 51.0. The lowest BCUT2D eigenvalue weighted by Gasteiger charge is -2.36. The monoisotopic (exact) mass is 1660 g/mol. The fraction of sp³-hybridized carbons (Fsp3) is 0.233. The predicted molar refractivity (Wildman–Crippen MR) is 388 cm³/mol. The van der Waals surface area contributed by atoms with E-state index in [-0.39, 0.29) is 38.9 Å². The quantitative estimate of drug-likeness (QED) is 0.0190. The van der Waals surface area contributed by atoms with Crippen LogP contribution >= 0.6 is 133 Å². The van der Waals surface area contributed by atoms with E-state index in [9.17, 15) is 29.4 Å². The lowest BCUT2D eigenvalue weighted by Crippen LogP contribution is -2.36. The van der Waals surface area contributed by atoms with Crippen molar-refractivity contribution < 1.29 is 57.8 Å². The maximum atomic E-state index is 14.7. The molecule has 0 fully saturated rings. The first kappa shape index (κ1) is 75.1. The van der Waals surface area contributed by atoms with Crippen LogP contribution in [0.4, 0.5) is 0 Å². The molecule has 0 aromatic heterocycles. The molecule has 4 unspecified atom stereocenters. The predicted octanol–water partition coefficient (Wildman–Crippen LogP) is 19.4. The summed E-state index contributed by atoms with van der Waals surface area (Å²) in [7, 11) is 0. The molecule has 0 heterocycles. The number of hydrogen-bond acceptors (Lipinski definition) is 12. The highest BCUT2D eigenvalue weighted by Gasteiger charge is 2.42. The third-order valence-corrected chi connectivity index (χ3v) is 19.8. The largest absolute Gasteiger partial charge is 0.487 e. The Balaban J connectivity index is 1.04. The Hall–Kier alpha value is -5.70. The van der Waals surface area contributed by atoms with Crippen molar-refractivity contribution in [2.75, 3.05) is 26.4 Å². The molecule has 12 nitrogen and oxygen atoms in total. The van der Waals surface area contributed by atoms with Gasteiger partial charge < -0.3 is 38.6 Å². The molecule has 496 valence electrons. The summed E-state index contributed by atoms with van der Waals surface area (Å²) in [5.74, 6) is -2.09. The molecular formula is C73H62Br4Cl6O12. The van der Waals surface area contributed by atoms with Gasteiger partial charge in [0.05, 0.1) is 53.8 Å². The molecule has 0 spiro atoms. The minimum absolute atomic E-state index is 0.196. The van der Waals surface area contributed by atoms with Crippen molar-refractivity contribution in [1.29, 1.82) is 0 Å². The summed E-state index contributed by atoms with van der Waals surface area (Å²) in [5.41, 5.74) is 2.89. The van der Waals surface area contributed by atoms with Crippen LogP contribution in [-0.4, -0.2) is 84.9 Å². The summed E-state index contributed by atoms with van der Waals surface area (Å²) in [6.45, 7) is 9.58. The minimum atomic E-state index is -1.29. The lowest BCUT2D eigenvalue weighted by molar-refractivity contribution is -0.155. The van der Waals surface area contributed by atoms with Gasteiger partial charge >= 0.3 is 23.9 Å². The molecule has 8 aromatic rings. The van der Waals surface area contributed by atoms with Gasteiger partial charge in [0, 0.05) is 60.5 Å². The molecule has 8 rings (SSSR count). The van der Waals surface area contributed by atoms with Crippen LogP contribution in [0.15, 0.2) is 213 Å². The molecular weight excluding hydrogens is 1600 g/mol. The Kier molecular flexibility index (Phi) is 27.0. The van der Waals surface area contributed by atoms with E-state index >= 15 is 0 Å². The first-order valence-electron chi connectivity index (χ1n) is 29.4. The van der Waals surface area contributed by atoms with Crippen LogP contribution in [0.2, 0.25) is 30.1 Å². The van der Waals surface area contributed by atoms with Gasteiger partial charge in [-0.05, 0) is 205 Å². The first-order chi connectivity index (χ1) is 45.2. The molecule has 22 heteroatoms. The second kappa shape index (κ2) is 34.2. The van der Waals surface area contributed by atoms with E-state index < -0.39 is 77.8 Å². The number of aliphatic hydroxyl groups is 2. The summed E-state index contributed by atoms with van der Waals surface area (Å²) in [5, 5.41) is 25.4. The average molecular weight is 1660 g/mol. The number of esters is 4. The smallest absolute Gasteiger partial charge is 0.330 e. The van der Waals surface area contributed by atoms with E-state index in [1.54, 1.807) is 72.8 Å². The van der Waals surface area contributed by atoms with E-state index in [2.05, 4.69) is 76.9 Å². The standard InChI is InChI=1S/C73H62Br4Cl6O12/c1-5-65(86)90-39-57(84)35-59(94-67(88)37-72(43-7-19-51(78)20-8-43,44-9-21-52(79)22-10-44)45-11-23-53(80)24-12-45)41-92-69-61(74)31-49(32-62(69)75)71(3,4)50-33-63(76)70(64(77)34-50)93-42-60(36-58(85)40-91-66(87)6-2)95-68(89)38-73(46-13-25-54(81)26-14-46,47-15-27-55(82)28-16-47)48-17-29-56(83)30-18-48/h5-34,57-60,84-85H,1-2,35-42H2,3-4H3. The maximum absolute atomic E-state index is 14.7. The second-order valence-electron chi connectivity index (χ2n) is 22.7. The highest BCUT2D eigenvalue weighted by molar-refractivity contribution is 9.11. The van der Waals surface area contributed by atoms with Crippen LogP contribution < -0.4 is 9.47 Å². The zero-order chi connectivity index (χ0) is 68.8. The molecule has 2 N–H and O–H groups in total. The van der Waals surface area contributed by atoms with Crippen molar-refractivity contribution in [2.24, 2.45) is 0 Å². The van der Waals surface area contributed by atoms with Gasteiger partial charge in [-0.1, -0.05) is 169 Å². The number of carbonyl (C=O) groups is 4. The number of halogens is 10. The van der Waals surface area contributed by atoms with Gasteiger partial charge in [-0.25, -0.2) is 9.59 Å². The fourth-order valence-electron chi connectivity index (χ4n) is 11.1. The van der Waals surface area contributed by atoms with Crippen molar-refractivity contribution in [2.45, 2.75) is 80.2 Å². The average Bonchev–Trinajstić information content (AvgIpc) is 0.746. The molecule has 0 saturated carbocycles. The summed E-state index contributed by atoms with van der Waals surface area (Å²) in [4.78, 5) is 53.6. The number of rotatable bonds is 30. The van der Waals surface area contributed by atoms with Crippen LogP contribution in [0.1, 0.15) is 84.0 Å². The molecule has 8 aromatic carbocycles. The summed E-state index contributed by atoms with van der Waals surface area (Å²) in [6.07, 6.45) is -3.68. The van der Waals surface area contributed by atoms with Gasteiger partial charge in [0.25, 0.3) is 0 Å².